The second-order valence-electron chi connectivity index (χ2n) is 12.3. The molecule has 0 aromatic heterocycles. The van der Waals surface area contributed by atoms with Crippen LogP contribution in [0.1, 0.15) is 11.6 Å². The van der Waals surface area contributed by atoms with Gasteiger partial charge in [0.25, 0.3) is 0 Å². The molecule has 1 atom stereocenters. The van der Waals surface area contributed by atoms with Gasteiger partial charge in [0.2, 0.25) is 0 Å². The average Bonchev–Trinajstić information content (AvgIpc) is 3.18. The third-order valence-electron chi connectivity index (χ3n) is 8.43. The number of hydrogen-bond acceptors (Lipinski definition) is 2. The Kier molecular flexibility index (Phi) is 16.6. The summed E-state index contributed by atoms with van der Waals surface area (Å²) in [6, 6.07) is 72.3. The van der Waals surface area contributed by atoms with Crippen LogP contribution in [0.2, 0.25) is 0 Å². The molecule has 0 saturated carbocycles. The third-order valence-corrected chi connectivity index (χ3v) is 13.4. The van der Waals surface area contributed by atoms with Gasteiger partial charge < -0.3 is 23.0 Å². The summed E-state index contributed by atoms with van der Waals surface area (Å²) in [6.45, 7) is 0.893. The Morgan fingerprint density at radius 2 is 0.692 bits per heavy atom. The molecule has 0 spiro atoms. The Bertz CT molecular complexity index is 1830. The van der Waals surface area contributed by atoms with E-state index in [0.717, 1.165) is 6.54 Å². The SMILES string of the molecule is CN(C)CC(N)c1ccccc1.[Cl-].[Ru+3].c1ccc(P(c2ccccc2)c2ccccc2-c2ccccc2P(c2ccccc2)c2ccccc2)cc1. The van der Waals surface area contributed by atoms with Crippen molar-refractivity contribution in [3.05, 3.63) is 206 Å². The van der Waals surface area contributed by atoms with E-state index < -0.39 is 15.8 Å². The number of nitrogens with two attached hydrogens (primary N) is 1. The van der Waals surface area contributed by atoms with Crippen LogP contribution in [0.4, 0.5) is 0 Å². The first-order valence-corrected chi connectivity index (χ1v) is 19.7. The summed E-state index contributed by atoms with van der Waals surface area (Å²) in [5.41, 5.74) is 9.80. The van der Waals surface area contributed by atoms with Crippen LogP contribution in [-0.4, -0.2) is 25.5 Å². The Hall–Kier alpha value is -3.77. The van der Waals surface area contributed by atoms with Crippen molar-refractivity contribution in [2.75, 3.05) is 20.6 Å². The number of rotatable bonds is 10. The van der Waals surface area contributed by atoms with Gasteiger partial charge in [0.05, 0.1) is 0 Å². The van der Waals surface area contributed by atoms with Gasteiger partial charge in [-0.2, -0.15) is 0 Å². The smallest absolute Gasteiger partial charge is 1.00 e. The number of nitrogens with zero attached hydrogens (tertiary/aromatic N) is 1. The first-order valence-electron chi connectivity index (χ1n) is 17.0. The summed E-state index contributed by atoms with van der Waals surface area (Å²) >= 11 is 0. The summed E-state index contributed by atoms with van der Waals surface area (Å²) < 4.78 is 0. The Labute approximate surface area is 331 Å². The molecule has 2 N–H and O–H groups in total. The molecular formula is C46H44ClN2P2Ru+2. The van der Waals surface area contributed by atoms with E-state index in [1.54, 1.807) is 0 Å². The van der Waals surface area contributed by atoms with Crippen LogP contribution in [-0.2, 0) is 19.5 Å². The van der Waals surface area contributed by atoms with Gasteiger partial charge in [0.1, 0.15) is 0 Å². The molecule has 0 bridgehead atoms. The average molecular weight is 823 g/mol. The van der Waals surface area contributed by atoms with Crippen molar-refractivity contribution >= 4 is 47.7 Å². The van der Waals surface area contributed by atoms with Gasteiger partial charge in [0, 0.05) is 12.6 Å². The number of halogens is 1. The molecule has 1 radical (unpaired) electrons. The monoisotopic (exact) mass is 823 g/mol. The maximum atomic E-state index is 5.95. The standard InChI is InChI=1S/C36H28P2.C10H16N2.ClH.Ru/c1-5-17-29(18-6-1)37(30-19-7-2-8-20-30)35-27-15-13-25-33(35)34-26-14-16-28-36(34)38(31-21-9-3-10-22-31)32-23-11-4-12-24-32;1-12(2)8-10(11)9-6-4-3-5-7-9;;/h1-28H;3-7,10H,8,11H2,1-2H3;1H;/q;;;+3/p-1. The second kappa shape index (κ2) is 21.1. The van der Waals surface area contributed by atoms with Crippen LogP contribution < -0.4 is 50.0 Å². The minimum atomic E-state index is -0.723. The van der Waals surface area contributed by atoms with E-state index in [1.165, 1.54) is 48.5 Å². The predicted octanol–water partition coefficient (Wildman–Crippen LogP) is 5.12. The zero-order valence-electron chi connectivity index (χ0n) is 29.5. The summed E-state index contributed by atoms with van der Waals surface area (Å²) in [5.74, 6) is 0. The quantitative estimate of drug-likeness (QED) is 0.154. The molecular weight excluding hydrogens is 779 g/mol. The van der Waals surface area contributed by atoms with Crippen molar-refractivity contribution in [3.63, 3.8) is 0 Å². The maximum absolute atomic E-state index is 5.95. The van der Waals surface area contributed by atoms with Crippen molar-refractivity contribution in [3.8, 4) is 11.1 Å². The molecule has 7 aromatic carbocycles. The number of benzene rings is 7. The van der Waals surface area contributed by atoms with Gasteiger partial charge >= 0.3 is 19.5 Å². The van der Waals surface area contributed by atoms with E-state index in [2.05, 4.69) is 187 Å². The zero-order valence-corrected chi connectivity index (χ0v) is 33.8. The van der Waals surface area contributed by atoms with Crippen LogP contribution in [0.5, 0.6) is 0 Å². The minimum absolute atomic E-state index is 0. The molecule has 2 nitrogen and oxygen atoms in total. The van der Waals surface area contributed by atoms with Gasteiger partial charge in [-0.3, -0.25) is 0 Å². The van der Waals surface area contributed by atoms with Crippen molar-refractivity contribution in [2.24, 2.45) is 5.73 Å². The fourth-order valence-electron chi connectivity index (χ4n) is 6.15. The molecule has 0 saturated heterocycles. The topological polar surface area (TPSA) is 29.3 Å². The molecule has 0 aliphatic carbocycles. The molecule has 0 aliphatic rings. The predicted molar refractivity (Wildman–Crippen MR) is 221 cm³/mol. The van der Waals surface area contributed by atoms with Gasteiger partial charge in [-0.1, -0.05) is 200 Å². The summed E-state index contributed by atoms with van der Waals surface area (Å²) in [6.07, 6.45) is 0. The Morgan fingerprint density at radius 1 is 0.423 bits per heavy atom. The van der Waals surface area contributed by atoms with E-state index >= 15 is 0 Å². The van der Waals surface area contributed by atoms with E-state index in [4.69, 9.17) is 5.73 Å². The Balaban J connectivity index is 0.000000371. The second-order valence-corrected chi connectivity index (χ2v) is 16.7. The van der Waals surface area contributed by atoms with Gasteiger partial charge in [-0.25, -0.2) is 0 Å². The summed E-state index contributed by atoms with van der Waals surface area (Å²) in [7, 11) is 2.61. The molecule has 1 unspecified atom stereocenters. The Morgan fingerprint density at radius 3 is 1.00 bits per heavy atom. The normalized spacial score (nSPS) is 11.2. The fourth-order valence-corrected chi connectivity index (χ4v) is 11.1. The molecule has 0 fully saturated rings. The van der Waals surface area contributed by atoms with Crippen molar-refractivity contribution < 1.29 is 31.9 Å². The first kappa shape index (κ1) is 41.0. The van der Waals surface area contributed by atoms with Crippen molar-refractivity contribution in [1.29, 1.82) is 0 Å². The fraction of sp³-hybridized carbons (Fsp3) is 0.0870. The zero-order chi connectivity index (χ0) is 34.5. The molecule has 0 heterocycles. The van der Waals surface area contributed by atoms with E-state index in [9.17, 15) is 0 Å². The molecule has 0 aliphatic heterocycles. The van der Waals surface area contributed by atoms with E-state index in [1.807, 2.05) is 32.3 Å². The van der Waals surface area contributed by atoms with E-state index in [-0.39, 0.29) is 37.9 Å². The first-order chi connectivity index (χ1) is 24.6. The van der Waals surface area contributed by atoms with Gasteiger partial charge in [-0.15, -0.1) is 0 Å². The largest absolute Gasteiger partial charge is 3.00 e. The van der Waals surface area contributed by atoms with Crippen molar-refractivity contribution in [2.45, 2.75) is 6.04 Å². The third kappa shape index (κ3) is 10.7. The summed E-state index contributed by atoms with van der Waals surface area (Å²) in [4.78, 5) is 2.09. The molecule has 7 rings (SSSR count). The molecule has 261 valence electrons. The van der Waals surface area contributed by atoms with Crippen LogP contribution in [0, 0.1) is 0 Å². The number of hydrogen-bond donors (Lipinski definition) is 1. The van der Waals surface area contributed by atoms with Gasteiger partial charge in [-0.05, 0) is 78.5 Å². The summed E-state index contributed by atoms with van der Waals surface area (Å²) in [5, 5.41) is 8.25. The minimum Gasteiger partial charge on any atom is -1.00 e. The van der Waals surface area contributed by atoms with E-state index in [0.29, 0.717) is 0 Å². The molecule has 0 amide bonds. The van der Waals surface area contributed by atoms with Crippen LogP contribution in [0.25, 0.3) is 11.1 Å². The van der Waals surface area contributed by atoms with Crippen molar-refractivity contribution in [1.82, 2.24) is 4.90 Å². The van der Waals surface area contributed by atoms with Crippen LogP contribution in [0.3, 0.4) is 0 Å². The van der Waals surface area contributed by atoms with Crippen LogP contribution in [0.15, 0.2) is 200 Å². The molecule has 52 heavy (non-hydrogen) atoms. The maximum Gasteiger partial charge on any atom is 3.00 e. The van der Waals surface area contributed by atoms with Crippen LogP contribution >= 0.6 is 15.8 Å². The van der Waals surface area contributed by atoms with Gasteiger partial charge in [0.15, 0.2) is 0 Å². The molecule has 7 aromatic rings. The number of likely N-dealkylation sites (N-methyl/N-ethyl adjacent to an activating group) is 1. The molecule has 6 heteroatoms.